The zero-order valence-corrected chi connectivity index (χ0v) is 12.7. The molecule has 0 bridgehead atoms. The van der Waals surface area contributed by atoms with E-state index in [1.165, 1.54) is 11.5 Å². The molecule has 21 heavy (non-hydrogen) atoms. The number of rotatable bonds is 5. The maximum atomic E-state index is 12.5. The summed E-state index contributed by atoms with van der Waals surface area (Å²) < 4.78 is 11.7. The number of Topliss-reactive ketones (excluding diaryl/α,β-unsaturated/α-hetero) is 1. The Bertz CT molecular complexity index is 846. The van der Waals surface area contributed by atoms with Crippen LogP contribution in [0, 0.1) is 6.92 Å². The van der Waals surface area contributed by atoms with E-state index >= 15 is 0 Å². The molecule has 2 aromatic rings. The summed E-state index contributed by atoms with van der Waals surface area (Å²) in [7, 11) is 3.31. The summed E-state index contributed by atoms with van der Waals surface area (Å²) in [4.78, 5) is 40.1. The van der Waals surface area contributed by atoms with Gasteiger partial charge >= 0.3 is 5.69 Å². The molecule has 0 N–H and O–H groups in total. The Labute approximate surface area is 123 Å². The molecule has 0 aromatic carbocycles. The van der Waals surface area contributed by atoms with Crippen LogP contribution in [0.1, 0.15) is 33.4 Å². The van der Waals surface area contributed by atoms with E-state index in [0.717, 1.165) is 4.57 Å². The van der Waals surface area contributed by atoms with E-state index in [1.54, 1.807) is 25.6 Å². The maximum absolute atomic E-state index is 12.5. The van der Waals surface area contributed by atoms with Gasteiger partial charge in [-0.3, -0.25) is 13.9 Å². The van der Waals surface area contributed by atoms with E-state index < -0.39 is 12.1 Å². The second-order valence-electron chi connectivity index (χ2n) is 5.15. The van der Waals surface area contributed by atoms with Gasteiger partial charge in [0.15, 0.2) is 11.2 Å². The first-order valence-corrected chi connectivity index (χ1v) is 6.81. The lowest BCUT2D eigenvalue weighted by Gasteiger charge is -2.08. The first-order valence-electron chi connectivity index (χ1n) is 7.39. The topological polar surface area (TPSA) is 78.9 Å². The fraction of sp³-hybridized carbons (Fsp3) is 0.571. The van der Waals surface area contributed by atoms with Gasteiger partial charge in [0.25, 0.3) is 5.56 Å². The van der Waals surface area contributed by atoms with Crippen LogP contribution in [0.4, 0.5) is 0 Å². The summed E-state index contributed by atoms with van der Waals surface area (Å²) in [5.41, 5.74) is -0.0625. The number of aromatic nitrogens is 4. The van der Waals surface area contributed by atoms with E-state index in [4.69, 9.17) is 1.37 Å². The van der Waals surface area contributed by atoms with Gasteiger partial charge in [0.05, 0.1) is 0 Å². The first kappa shape index (κ1) is 13.8. The molecule has 1 unspecified atom stereocenters. The normalized spacial score (nSPS) is 13.4. The smallest absolute Gasteiger partial charge is 0.325 e. The molecule has 0 aliphatic heterocycles. The van der Waals surface area contributed by atoms with Gasteiger partial charge in [-0.2, -0.15) is 0 Å². The van der Waals surface area contributed by atoms with Crippen LogP contribution in [0.15, 0.2) is 9.59 Å². The lowest BCUT2D eigenvalue weighted by molar-refractivity contribution is -0.117. The Morgan fingerprint density at radius 3 is 2.52 bits per heavy atom. The number of fused-ring (bicyclic) bond motifs is 1. The molecule has 0 aliphatic carbocycles. The zero-order valence-electron chi connectivity index (χ0n) is 13.7. The standard InChI is InChI=1S/C14H20N4O3/c1-9(19)7-5-6-8-18-13(20)11-12(17(4)14(18)21)15-10(2)16(11)3/h5-8H2,1-4H3/i7D. The number of imidazole rings is 1. The van der Waals surface area contributed by atoms with E-state index in [2.05, 4.69) is 4.98 Å². The first-order chi connectivity index (χ1) is 10.3. The monoisotopic (exact) mass is 293 g/mol. The second kappa shape index (κ2) is 5.67. The Hall–Kier alpha value is -2.18. The number of carbonyl (C=O) groups excluding carboxylic acids is 1. The second-order valence-corrected chi connectivity index (χ2v) is 5.15. The summed E-state index contributed by atoms with van der Waals surface area (Å²) in [6, 6.07) is 0. The van der Waals surface area contributed by atoms with Gasteiger partial charge in [-0.15, -0.1) is 0 Å². The highest BCUT2D eigenvalue weighted by Crippen LogP contribution is 2.08. The van der Waals surface area contributed by atoms with Crippen LogP contribution in [-0.4, -0.2) is 24.5 Å². The number of hydrogen-bond acceptors (Lipinski definition) is 4. The Morgan fingerprint density at radius 2 is 1.90 bits per heavy atom. The molecule has 1 atom stereocenters. The van der Waals surface area contributed by atoms with Gasteiger partial charge < -0.3 is 9.36 Å². The van der Waals surface area contributed by atoms with Crippen molar-refractivity contribution in [2.75, 3.05) is 0 Å². The van der Waals surface area contributed by atoms with Crippen LogP contribution in [0.5, 0.6) is 0 Å². The summed E-state index contributed by atoms with van der Waals surface area (Å²) >= 11 is 0. The summed E-state index contributed by atoms with van der Waals surface area (Å²) in [5, 5.41) is 0. The van der Waals surface area contributed by atoms with Crippen molar-refractivity contribution in [1.82, 2.24) is 18.7 Å². The van der Waals surface area contributed by atoms with E-state index in [0.29, 0.717) is 29.8 Å². The quantitative estimate of drug-likeness (QED) is 0.804. The molecule has 7 heteroatoms. The van der Waals surface area contributed by atoms with Gasteiger partial charge in [0.2, 0.25) is 0 Å². The molecular weight excluding hydrogens is 272 g/mol. The number of ketones is 1. The highest BCUT2D eigenvalue weighted by atomic mass is 16.2. The van der Waals surface area contributed by atoms with Crippen LogP contribution in [0.25, 0.3) is 11.2 Å². The van der Waals surface area contributed by atoms with Crippen molar-refractivity contribution in [2.24, 2.45) is 14.1 Å². The third-order valence-corrected chi connectivity index (χ3v) is 3.60. The van der Waals surface area contributed by atoms with Crippen LogP contribution in [0.2, 0.25) is 0 Å². The minimum atomic E-state index is -0.803. The van der Waals surface area contributed by atoms with Crippen molar-refractivity contribution in [3.63, 3.8) is 0 Å². The summed E-state index contributed by atoms with van der Waals surface area (Å²) in [6.45, 7) is 3.33. The van der Waals surface area contributed by atoms with Crippen molar-refractivity contribution in [2.45, 2.75) is 39.6 Å². The van der Waals surface area contributed by atoms with Gasteiger partial charge in [-0.1, -0.05) is 0 Å². The van der Waals surface area contributed by atoms with Gasteiger partial charge in [0.1, 0.15) is 11.6 Å². The molecule has 114 valence electrons. The third-order valence-electron chi connectivity index (χ3n) is 3.60. The third kappa shape index (κ3) is 2.68. The van der Waals surface area contributed by atoms with Crippen molar-refractivity contribution in [3.05, 3.63) is 26.7 Å². The van der Waals surface area contributed by atoms with Crippen LogP contribution >= 0.6 is 0 Å². The highest BCUT2D eigenvalue weighted by molar-refractivity contribution is 5.75. The average Bonchev–Trinajstić information content (AvgIpc) is 2.76. The molecule has 0 fully saturated rings. The highest BCUT2D eigenvalue weighted by Gasteiger charge is 2.16. The van der Waals surface area contributed by atoms with Gasteiger partial charge in [-0.25, -0.2) is 9.78 Å². The zero-order chi connectivity index (χ0) is 16.6. The molecule has 2 aromatic heterocycles. The van der Waals surface area contributed by atoms with Gasteiger partial charge in [-0.05, 0) is 26.7 Å². The number of aryl methyl sites for hydroxylation is 3. The van der Waals surface area contributed by atoms with E-state index in [9.17, 15) is 14.4 Å². The minimum Gasteiger partial charge on any atom is -0.325 e. The van der Waals surface area contributed by atoms with E-state index in [1.807, 2.05) is 0 Å². The molecule has 2 rings (SSSR count). The molecule has 0 saturated carbocycles. The largest absolute Gasteiger partial charge is 0.332 e. The molecule has 0 radical (unpaired) electrons. The maximum Gasteiger partial charge on any atom is 0.332 e. The summed E-state index contributed by atoms with van der Waals surface area (Å²) in [5.74, 6) is 0.445. The molecular formula is C14H20N4O3. The van der Waals surface area contributed by atoms with Crippen LogP contribution in [0.3, 0.4) is 0 Å². The van der Waals surface area contributed by atoms with Crippen molar-refractivity contribution < 1.29 is 6.17 Å². The number of hydrogen-bond donors (Lipinski definition) is 0. The Morgan fingerprint density at radius 1 is 1.24 bits per heavy atom. The van der Waals surface area contributed by atoms with Crippen LogP contribution in [-0.2, 0) is 25.4 Å². The summed E-state index contributed by atoms with van der Waals surface area (Å²) in [6.07, 6.45) is -0.0549. The fourth-order valence-electron chi connectivity index (χ4n) is 2.30. The lowest BCUT2D eigenvalue weighted by Crippen LogP contribution is -2.39. The lowest BCUT2D eigenvalue weighted by atomic mass is 10.2. The SMILES string of the molecule is [2H]C(CCCn1c(=O)c2c(nc(C)n2C)n(C)c1=O)C(C)=O. The fourth-order valence-corrected chi connectivity index (χ4v) is 2.30. The van der Waals surface area contributed by atoms with Crippen molar-refractivity contribution in [1.29, 1.82) is 0 Å². The Balaban J connectivity index is 2.43. The number of nitrogens with zero attached hydrogens (tertiary/aromatic N) is 4. The molecule has 0 spiro atoms. The predicted molar refractivity (Wildman–Crippen MR) is 79.5 cm³/mol. The molecule has 7 nitrogen and oxygen atoms in total. The predicted octanol–water partition coefficient (Wildman–Crippen LogP) is 0.501. The van der Waals surface area contributed by atoms with Gasteiger partial charge in [0, 0.05) is 28.4 Å². The molecule has 2 heterocycles. The molecule has 0 saturated heterocycles. The van der Waals surface area contributed by atoms with Crippen molar-refractivity contribution >= 4 is 16.9 Å². The van der Waals surface area contributed by atoms with Crippen LogP contribution < -0.4 is 11.2 Å². The Kier molecular flexibility index (Phi) is 3.72. The molecule has 0 aliphatic rings. The van der Waals surface area contributed by atoms with E-state index in [-0.39, 0.29) is 17.9 Å². The number of carbonyl (C=O) groups is 1. The van der Waals surface area contributed by atoms with Crippen molar-refractivity contribution in [3.8, 4) is 0 Å². The average molecular weight is 293 g/mol. The minimum absolute atomic E-state index is 0.189. The molecule has 0 amide bonds.